The zero-order valence-corrected chi connectivity index (χ0v) is 74.2. The Bertz CT molecular complexity index is 11700. The molecule has 0 radical (unpaired) electrons. The molecule has 12 heteroatoms. The van der Waals surface area contributed by atoms with Crippen LogP contribution >= 0.6 is 0 Å². The Morgan fingerprint density at radius 2 is 0.504 bits per heavy atom. The molecule has 0 saturated heterocycles. The van der Waals surface area contributed by atoms with Crippen LogP contribution in [0, 0.1) is 6.92 Å². The molecule has 139 heavy (non-hydrogen) atoms. The average molecular weight is 1780 g/mol. The smallest absolute Gasteiger partial charge is 0.235 e. The zero-order chi connectivity index (χ0) is 98.5. The third kappa shape index (κ3) is 10.5. The maximum Gasteiger partial charge on any atom is 0.235 e. The highest BCUT2D eigenvalue weighted by Crippen LogP contribution is 2.51. The first-order chi connectivity index (χ1) is 72.7. The number of rotatable bonds is 6. The van der Waals surface area contributed by atoms with Crippen molar-refractivity contribution in [2.24, 2.45) is 0 Å². The van der Waals surface area contributed by atoms with Gasteiger partial charge in [-0.15, -0.1) is 0 Å². The van der Waals surface area contributed by atoms with Gasteiger partial charge < -0.3 is 13.2 Å². The SMILES string of the molecule is [2H]c1c(C)c([2H])c2c(c1[2H])c1c([2H])c([2H])c([2H])c3c4cccc5c4c4c(cccc4n2c31)n5-c1nc(-c2ccccc2)c2ccc3ccccc3c2n1.[2H]c1ccc2c3c4c(cccc4n(-c4nc(-c5ccccc5)c5ccc6ccccc6c5n4)c13)c1cccc3c4ccccc4n2c13.[2H]c1ccc2c3cccc([2H])c3n3c4cccc5c4c4c(cccc4n5-c4nc(-c5ccccc5)c5ccc6ccccc6c5n4)c1c23. The molecule has 642 valence electrons. The van der Waals surface area contributed by atoms with Crippen molar-refractivity contribution in [1.82, 2.24) is 56.8 Å². The van der Waals surface area contributed by atoms with Crippen LogP contribution in [0.25, 0.3) is 296 Å². The van der Waals surface area contributed by atoms with E-state index in [1.54, 1.807) is 6.92 Å². The molecule has 12 nitrogen and oxygen atoms in total. The Morgan fingerprint density at radius 3 is 1.01 bits per heavy atom. The van der Waals surface area contributed by atoms with E-state index < -0.39 is 0 Å². The van der Waals surface area contributed by atoms with Crippen molar-refractivity contribution in [1.29, 1.82) is 0 Å². The van der Waals surface area contributed by atoms with E-state index in [9.17, 15) is 5.48 Å². The Morgan fingerprint density at radius 1 is 0.187 bits per heavy atom. The van der Waals surface area contributed by atoms with Gasteiger partial charge in [-0.05, 0) is 136 Å². The number of nitrogens with zero attached hydrogens (tertiary/aromatic N) is 12. The quantitative estimate of drug-likeness (QED) is 0.154. The van der Waals surface area contributed by atoms with Gasteiger partial charge in [-0.3, -0.25) is 13.7 Å². The first kappa shape index (κ1) is 67.4. The third-order valence-corrected chi connectivity index (χ3v) is 29.0. The minimum atomic E-state index is -0.263. The number of hydrogen-bond acceptors (Lipinski definition) is 6. The lowest BCUT2D eigenvalue weighted by molar-refractivity contribution is 1.02. The molecule has 0 bridgehead atoms. The molecule has 0 aliphatic carbocycles. The van der Waals surface area contributed by atoms with Crippen LogP contribution < -0.4 is 0 Å². The lowest BCUT2D eigenvalue weighted by atomic mass is 10.0. The molecule has 0 amide bonds. The van der Waals surface area contributed by atoms with Crippen LogP contribution in [-0.2, 0) is 0 Å². The Balaban J connectivity index is 0.000000101. The van der Waals surface area contributed by atoms with Gasteiger partial charge in [-0.25, -0.2) is 29.9 Å². The van der Waals surface area contributed by atoms with Gasteiger partial charge in [0.1, 0.15) is 0 Å². The van der Waals surface area contributed by atoms with E-state index in [0.717, 1.165) is 219 Å². The molecule has 0 unspecified atom stereocenters. The lowest BCUT2D eigenvalue weighted by Gasteiger charge is -2.13. The molecule has 0 atom stereocenters. The summed E-state index contributed by atoms with van der Waals surface area (Å²) in [5.41, 5.74) is 21.8. The summed E-state index contributed by atoms with van der Waals surface area (Å²) in [7, 11) is 0. The van der Waals surface area contributed by atoms with Crippen LogP contribution in [-0.4, -0.2) is 56.8 Å². The van der Waals surface area contributed by atoms with Crippen molar-refractivity contribution >= 4 is 245 Å². The number of hydrogen-bond donors (Lipinski definition) is 0. The molecular formula is C127H74N12. The minimum absolute atomic E-state index is 0.0801. The number of aromatic nitrogens is 12. The van der Waals surface area contributed by atoms with Gasteiger partial charge in [0.15, 0.2) is 0 Å². The fourth-order valence-corrected chi connectivity index (χ4v) is 23.3. The fraction of sp³-hybridized carbons (Fsp3) is 0.00787. The molecule has 0 spiro atoms. The number of para-hydroxylation sites is 5. The van der Waals surface area contributed by atoms with Crippen LogP contribution in [0.3, 0.4) is 0 Å². The highest BCUT2D eigenvalue weighted by atomic mass is 15.2. The molecule has 0 aliphatic heterocycles. The summed E-state index contributed by atoms with van der Waals surface area (Å²) in [6.07, 6.45) is 0. The van der Waals surface area contributed by atoms with Crippen LogP contribution in [0.15, 0.2) is 430 Å². The van der Waals surface area contributed by atoms with E-state index in [-0.39, 0.29) is 41.6 Å². The van der Waals surface area contributed by atoms with Crippen LogP contribution in [0.2, 0.25) is 0 Å². The maximum absolute atomic E-state index is 9.41. The molecule has 33 rings (SSSR count). The maximum atomic E-state index is 9.41. The van der Waals surface area contributed by atoms with E-state index in [1.165, 1.54) is 21.7 Å². The van der Waals surface area contributed by atoms with E-state index in [1.807, 2.05) is 126 Å². The van der Waals surface area contributed by atoms with Gasteiger partial charge >= 0.3 is 0 Å². The van der Waals surface area contributed by atoms with Gasteiger partial charge in [0.05, 0.1) is 129 Å². The number of benzene rings is 21. The van der Waals surface area contributed by atoms with Crippen LogP contribution in [0.5, 0.6) is 0 Å². The predicted molar refractivity (Wildman–Crippen MR) is 579 cm³/mol. The minimum Gasteiger partial charge on any atom is -0.308 e. The second-order valence-corrected chi connectivity index (χ2v) is 36.3. The topological polar surface area (TPSA) is 105 Å². The van der Waals surface area contributed by atoms with Gasteiger partial charge in [0.25, 0.3) is 0 Å². The molecule has 0 aliphatic rings. The van der Waals surface area contributed by atoms with Crippen molar-refractivity contribution < 1.29 is 12.3 Å². The molecule has 0 fully saturated rings. The standard InChI is InChI=1S/C43H26N4.2C42H24N4/c1-25-20-22-29-31-15-7-16-32-30-14-8-17-34-38(30)39-35(46(42(31)32)37(29)24-25)18-9-19-36(39)47(34)43-44-40(27-11-3-2-4-12-27)33-23-21-26-10-5-6-13-28(26)41(33)45-43;2*1-2-12-26(13-3-1)39-32-24-23-25-11-4-5-14-27(25)40(32)44-42(43-39)46-34-20-9-16-29-31-18-8-17-30-28-15-6-7-19-33(28)45(41(30)31)35-21-10-22-36(46)38(35)37(29)34/h2-24H,1H3;2*1-24H/i7D,15D,16D,20D,22D,24D;18D,19D;22D. The Hall–Kier alpha value is -18.8. The van der Waals surface area contributed by atoms with Gasteiger partial charge in [-0.2, -0.15) is 0 Å². The summed E-state index contributed by atoms with van der Waals surface area (Å²) in [4.78, 5) is 32.1. The van der Waals surface area contributed by atoms with Crippen LogP contribution in [0.1, 0.15) is 17.9 Å². The average Bonchev–Trinajstić information content (AvgIpc) is 1.51. The second-order valence-electron chi connectivity index (χ2n) is 36.3. The van der Waals surface area contributed by atoms with E-state index in [2.05, 4.69) is 277 Å². The molecule has 21 aromatic carbocycles. The molecule has 33 aromatic rings. The Kier molecular flexibility index (Phi) is 13.9. The molecule has 12 heterocycles. The number of fused-ring (bicyclic) bond motifs is 24. The highest BCUT2D eigenvalue weighted by Gasteiger charge is 2.30. The summed E-state index contributed by atoms with van der Waals surface area (Å²) in [5.74, 6) is 1.63. The second kappa shape index (κ2) is 28.6. The summed E-state index contributed by atoms with van der Waals surface area (Å²) in [5, 5.41) is 25.9. The van der Waals surface area contributed by atoms with Crippen molar-refractivity contribution in [2.75, 3.05) is 0 Å². The van der Waals surface area contributed by atoms with Gasteiger partial charge in [-0.1, -0.05) is 340 Å². The molecule has 0 N–H and O–H groups in total. The van der Waals surface area contributed by atoms with Gasteiger partial charge in [0, 0.05) is 130 Å². The normalized spacial score (nSPS) is 13.3. The summed E-state index contributed by atoms with van der Waals surface area (Å²) in [6, 6.07) is 129. The molecular weight excluding hydrogens is 1690 g/mol. The monoisotopic (exact) mass is 1780 g/mol. The van der Waals surface area contributed by atoms with E-state index >= 15 is 0 Å². The summed E-state index contributed by atoms with van der Waals surface area (Å²) in [6.45, 7) is 1.67. The first-order valence-electron chi connectivity index (χ1n) is 51.3. The summed E-state index contributed by atoms with van der Waals surface area (Å²) < 4.78 is 95.2. The van der Waals surface area contributed by atoms with Crippen molar-refractivity contribution in [2.45, 2.75) is 6.92 Å². The van der Waals surface area contributed by atoms with Crippen LogP contribution in [0.4, 0.5) is 0 Å². The van der Waals surface area contributed by atoms with Crippen molar-refractivity contribution in [3.05, 3.63) is 436 Å². The van der Waals surface area contributed by atoms with E-state index in [0.29, 0.717) is 74.2 Å². The first-order valence-corrected chi connectivity index (χ1v) is 46.8. The predicted octanol–water partition coefficient (Wildman–Crippen LogP) is 32.4. The molecule has 12 aromatic heterocycles. The zero-order valence-electron chi connectivity index (χ0n) is 83.2. The fourth-order valence-electron chi connectivity index (χ4n) is 23.3. The largest absolute Gasteiger partial charge is 0.308 e. The Labute approximate surface area is 803 Å². The highest BCUT2D eigenvalue weighted by molar-refractivity contribution is 6.35. The third-order valence-electron chi connectivity index (χ3n) is 29.0. The summed E-state index contributed by atoms with van der Waals surface area (Å²) >= 11 is 0. The van der Waals surface area contributed by atoms with Gasteiger partial charge in [0.2, 0.25) is 17.8 Å². The van der Waals surface area contributed by atoms with Crippen molar-refractivity contribution in [3.63, 3.8) is 0 Å². The van der Waals surface area contributed by atoms with E-state index in [4.69, 9.17) is 36.8 Å². The van der Waals surface area contributed by atoms with Crippen molar-refractivity contribution in [3.8, 4) is 51.6 Å². The lowest BCUT2D eigenvalue weighted by Crippen LogP contribution is -2.04. The molecule has 0 saturated carbocycles.